The summed E-state index contributed by atoms with van der Waals surface area (Å²) >= 11 is 5.64. The SMILES string of the molecule is CCCCCC[C@@H](C)NC(=O)[C@@H](C)Cl. The smallest absolute Gasteiger partial charge is 0.237 e. The fourth-order valence-corrected chi connectivity index (χ4v) is 1.37. The summed E-state index contributed by atoms with van der Waals surface area (Å²) in [5.41, 5.74) is 0. The van der Waals surface area contributed by atoms with Gasteiger partial charge in [-0.15, -0.1) is 11.6 Å². The van der Waals surface area contributed by atoms with Gasteiger partial charge in [-0.3, -0.25) is 4.79 Å². The Labute approximate surface area is 92.4 Å². The second kappa shape index (κ2) is 8.10. The Kier molecular flexibility index (Phi) is 7.96. The Hall–Kier alpha value is -0.240. The highest BCUT2D eigenvalue weighted by molar-refractivity contribution is 6.30. The third-order valence-electron chi connectivity index (χ3n) is 2.24. The predicted octanol–water partition coefficient (Wildman–Crippen LogP) is 3.09. The van der Waals surface area contributed by atoms with Crippen molar-refractivity contribution in [2.24, 2.45) is 0 Å². The maximum atomic E-state index is 11.2. The molecule has 0 heterocycles. The average Bonchev–Trinajstić information content (AvgIpc) is 2.12. The zero-order chi connectivity index (χ0) is 11.0. The Morgan fingerprint density at radius 1 is 1.29 bits per heavy atom. The maximum Gasteiger partial charge on any atom is 0.237 e. The lowest BCUT2D eigenvalue weighted by atomic mass is 10.1. The van der Waals surface area contributed by atoms with Crippen LogP contribution in [0.2, 0.25) is 0 Å². The predicted molar refractivity (Wildman–Crippen MR) is 61.7 cm³/mol. The summed E-state index contributed by atoms with van der Waals surface area (Å²) in [6, 6.07) is 0.251. The van der Waals surface area contributed by atoms with Crippen LogP contribution in [0.25, 0.3) is 0 Å². The van der Waals surface area contributed by atoms with E-state index >= 15 is 0 Å². The highest BCUT2D eigenvalue weighted by atomic mass is 35.5. The first-order valence-corrected chi connectivity index (χ1v) is 5.96. The average molecular weight is 220 g/mol. The monoisotopic (exact) mass is 219 g/mol. The van der Waals surface area contributed by atoms with Gasteiger partial charge in [-0.25, -0.2) is 0 Å². The van der Waals surface area contributed by atoms with E-state index in [0.29, 0.717) is 0 Å². The zero-order valence-corrected chi connectivity index (χ0v) is 10.2. The number of alkyl halides is 1. The van der Waals surface area contributed by atoms with Crippen molar-refractivity contribution in [3.8, 4) is 0 Å². The van der Waals surface area contributed by atoms with E-state index in [-0.39, 0.29) is 11.9 Å². The summed E-state index contributed by atoms with van der Waals surface area (Å²) in [6.45, 7) is 5.92. The second-order valence-corrected chi connectivity index (χ2v) is 4.53. The van der Waals surface area contributed by atoms with Gasteiger partial charge in [0.25, 0.3) is 0 Å². The number of amides is 1. The topological polar surface area (TPSA) is 29.1 Å². The summed E-state index contributed by atoms with van der Waals surface area (Å²) in [7, 11) is 0. The summed E-state index contributed by atoms with van der Waals surface area (Å²) in [5.74, 6) is -0.0605. The van der Waals surface area contributed by atoms with Crippen molar-refractivity contribution in [1.82, 2.24) is 5.32 Å². The Morgan fingerprint density at radius 2 is 1.93 bits per heavy atom. The lowest BCUT2D eigenvalue weighted by molar-refractivity contribution is -0.121. The first kappa shape index (κ1) is 13.8. The van der Waals surface area contributed by atoms with E-state index in [9.17, 15) is 4.79 Å². The van der Waals surface area contributed by atoms with Crippen LogP contribution in [-0.4, -0.2) is 17.3 Å². The van der Waals surface area contributed by atoms with Gasteiger partial charge in [0.05, 0.1) is 0 Å². The number of nitrogens with one attached hydrogen (secondary N) is 1. The van der Waals surface area contributed by atoms with Crippen LogP contribution < -0.4 is 5.32 Å². The molecule has 0 aliphatic carbocycles. The molecule has 0 bridgehead atoms. The quantitative estimate of drug-likeness (QED) is 0.518. The van der Waals surface area contributed by atoms with E-state index in [1.807, 2.05) is 6.92 Å². The third-order valence-corrected chi connectivity index (χ3v) is 2.44. The van der Waals surface area contributed by atoms with E-state index in [2.05, 4.69) is 12.2 Å². The van der Waals surface area contributed by atoms with Gasteiger partial charge in [0, 0.05) is 6.04 Å². The van der Waals surface area contributed by atoms with Crippen LogP contribution >= 0.6 is 11.6 Å². The van der Waals surface area contributed by atoms with Gasteiger partial charge in [0.15, 0.2) is 0 Å². The van der Waals surface area contributed by atoms with Gasteiger partial charge in [-0.2, -0.15) is 0 Å². The number of rotatable bonds is 7. The molecule has 0 radical (unpaired) electrons. The molecular weight excluding hydrogens is 198 g/mol. The van der Waals surface area contributed by atoms with E-state index in [1.54, 1.807) is 6.92 Å². The number of hydrogen-bond donors (Lipinski definition) is 1. The van der Waals surface area contributed by atoms with E-state index in [0.717, 1.165) is 6.42 Å². The number of unbranched alkanes of at least 4 members (excludes halogenated alkanes) is 3. The number of carbonyl (C=O) groups is 1. The lowest BCUT2D eigenvalue weighted by Crippen LogP contribution is -2.36. The number of carbonyl (C=O) groups excluding carboxylic acids is 1. The van der Waals surface area contributed by atoms with Gasteiger partial charge in [-0.05, 0) is 20.3 Å². The lowest BCUT2D eigenvalue weighted by Gasteiger charge is -2.14. The molecule has 14 heavy (non-hydrogen) atoms. The number of halogens is 1. The Bertz CT molecular complexity index is 159. The molecule has 0 aromatic rings. The van der Waals surface area contributed by atoms with Crippen molar-refractivity contribution in [2.45, 2.75) is 64.3 Å². The molecule has 0 aliphatic rings. The van der Waals surface area contributed by atoms with E-state index in [4.69, 9.17) is 11.6 Å². The van der Waals surface area contributed by atoms with E-state index in [1.165, 1.54) is 25.7 Å². The highest BCUT2D eigenvalue weighted by Gasteiger charge is 2.11. The van der Waals surface area contributed by atoms with Crippen molar-refractivity contribution in [1.29, 1.82) is 0 Å². The molecule has 2 atom stereocenters. The van der Waals surface area contributed by atoms with Crippen molar-refractivity contribution < 1.29 is 4.79 Å². The van der Waals surface area contributed by atoms with Crippen LogP contribution in [0.1, 0.15) is 52.9 Å². The fraction of sp³-hybridized carbons (Fsp3) is 0.909. The molecule has 0 unspecified atom stereocenters. The van der Waals surface area contributed by atoms with Gasteiger partial charge < -0.3 is 5.32 Å². The molecule has 1 amide bonds. The minimum atomic E-state index is -0.423. The molecule has 0 fully saturated rings. The van der Waals surface area contributed by atoms with Crippen molar-refractivity contribution >= 4 is 17.5 Å². The van der Waals surface area contributed by atoms with Crippen molar-refractivity contribution in [3.05, 3.63) is 0 Å². The number of hydrogen-bond acceptors (Lipinski definition) is 1. The normalized spacial score (nSPS) is 14.9. The summed E-state index contributed by atoms with van der Waals surface area (Å²) < 4.78 is 0. The van der Waals surface area contributed by atoms with Crippen LogP contribution in [0.3, 0.4) is 0 Å². The molecule has 0 saturated carbocycles. The molecule has 0 saturated heterocycles. The fourth-order valence-electron chi connectivity index (χ4n) is 1.31. The first-order chi connectivity index (χ1) is 6.57. The molecule has 0 aromatic heterocycles. The molecule has 3 heteroatoms. The minimum absolute atomic E-state index is 0.0605. The van der Waals surface area contributed by atoms with Gasteiger partial charge in [0.2, 0.25) is 5.91 Å². The maximum absolute atomic E-state index is 11.2. The molecule has 0 rings (SSSR count). The molecule has 1 N–H and O–H groups in total. The largest absolute Gasteiger partial charge is 0.352 e. The summed E-state index contributed by atoms with van der Waals surface area (Å²) in [5, 5.41) is 2.46. The Balaban J connectivity index is 3.45. The van der Waals surface area contributed by atoms with Crippen LogP contribution in [0.15, 0.2) is 0 Å². The molecule has 84 valence electrons. The molecule has 0 spiro atoms. The standard InChI is InChI=1S/C11H22ClNO/c1-4-5-6-7-8-9(2)13-11(14)10(3)12/h9-10H,4-8H2,1-3H3,(H,13,14)/t9-,10-/m1/s1. The molecule has 2 nitrogen and oxygen atoms in total. The summed E-state index contributed by atoms with van der Waals surface area (Å²) in [4.78, 5) is 11.2. The minimum Gasteiger partial charge on any atom is -0.352 e. The zero-order valence-electron chi connectivity index (χ0n) is 9.48. The van der Waals surface area contributed by atoms with E-state index < -0.39 is 5.38 Å². The van der Waals surface area contributed by atoms with Crippen LogP contribution in [0, 0.1) is 0 Å². The molecular formula is C11H22ClNO. The molecule has 0 aliphatic heterocycles. The van der Waals surface area contributed by atoms with Gasteiger partial charge in [0.1, 0.15) is 5.38 Å². The Morgan fingerprint density at radius 3 is 2.43 bits per heavy atom. The highest BCUT2D eigenvalue weighted by Crippen LogP contribution is 2.05. The van der Waals surface area contributed by atoms with Crippen LogP contribution in [-0.2, 0) is 4.79 Å². The third kappa shape index (κ3) is 7.19. The summed E-state index contributed by atoms with van der Waals surface area (Å²) in [6.07, 6.45) is 6.03. The second-order valence-electron chi connectivity index (χ2n) is 3.87. The van der Waals surface area contributed by atoms with Gasteiger partial charge in [-0.1, -0.05) is 32.6 Å². The van der Waals surface area contributed by atoms with Crippen molar-refractivity contribution in [2.75, 3.05) is 0 Å². The van der Waals surface area contributed by atoms with Crippen LogP contribution in [0.4, 0.5) is 0 Å². The van der Waals surface area contributed by atoms with Gasteiger partial charge >= 0.3 is 0 Å². The van der Waals surface area contributed by atoms with Crippen molar-refractivity contribution in [3.63, 3.8) is 0 Å². The molecule has 0 aromatic carbocycles. The first-order valence-electron chi connectivity index (χ1n) is 5.52. The van der Waals surface area contributed by atoms with Crippen LogP contribution in [0.5, 0.6) is 0 Å².